The standard InChI is InChI=1S/C16H17FN4O/c1-2-9-18-15(22)14-8-11-20-16(21-14)19-10-7-12-3-5-13(17)6-4-12/h2-6,8,11H,1,7,9-10H2,(H,18,22)(H,19,20,21). The largest absolute Gasteiger partial charge is 0.354 e. The smallest absolute Gasteiger partial charge is 0.270 e. The first-order valence-corrected chi connectivity index (χ1v) is 6.89. The fourth-order valence-electron chi connectivity index (χ4n) is 1.80. The van der Waals surface area contributed by atoms with Crippen molar-refractivity contribution in [1.82, 2.24) is 15.3 Å². The van der Waals surface area contributed by atoms with Gasteiger partial charge < -0.3 is 10.6 Å². The summed E-state index contributed by atoms with van der Waals surface area (Å²) in [4.78, 5) is 20.0. The van der Waals surface area contributed by atoms with E-state index >= 15 is 0 Å². The number of nitrogens with zero attached hydrogens (tertiary/aromatic N) is 2. The molecule has 2 N–H and O–H groups in total. The molecule has 1 heterocycles. The second-order valence-corrected chi connectivity index (χ2v) is 4.57. The van der Waals surface area contributed by atoms with Crippen LogP contribution in [-0.4, -0.2) is 29.0 Å². The summed E-state index contributed by atoms with van der Waals surface area (Å²) in [5.41, 5.74) is 1.30. The van der Waals surface area contributed by atoms with Crippen LogP contribution in [0.5, 0.6) is 0 Å². The van der Waals surface area contributed by atoms with Crippen LogP contribution in [0.1, 0.15) is 16.1 Å². The maximum Gasteiger partial charge on any atom is 0.270 e. The molecule has 0 fully saturated rings. The topological polar surface area (TPSA) is 66.9 Å². The normalized spacial score (nSPS) is 10.0. The molecule has 1 aromatic carbocycles. The summed E-state index contributed by atoms with van der Waals surface area (Å²) in [5, 5.41) is 5.70. The fourth-order valence-corrected chi connectivity index (χ4v) is 1.80. The molecule has 0 aliphatic rings. The number of carbonyl (C=O) groups is 1. The molecule has 0 atom stereocenters. The van der Waals surface area contributed by atoms with E-state index in [0.29, 0.717) is 31.2 Å². The van der Waals surface area contributed by atoms with Crippen LogP contribution in [0.2, 0.25) is 0 Å². The highest BCUT2D eigenvalue weighted by Gasteiger charge is 2.07. The average molecular weight is 300 g/mol. The van der Waals surface area contributed by atoms with Gasteiger partial charge in [0.1, 0.15) is 11.5 Å². The van der Waals surface area contributed by atoms with E-state index in [1.54, 1.807) is 24.3 Å². The number of aromatic nitrogens is 2. The molecule has 2 aromatic rings. The SMILES string of the molecule is C=CCNC(=O)c1ccnc(NCCc2ccc(F)cc2)n1. The summed E-state index contributed by atoms with van der Waals surface area (Å²) in [6, 6.07) is 7.87. The molecule has 114 valence electrons. The molecule has 1 amide bonds. The Morgan fingerprint density at radius 3 is 2.77 bits per heavy atom. The van der Waals surface area contributed by atoms with Crippen molar-refractivity contribution in [2.75, 3.05) is 18.4 Å². The lowest BCUT2D eigenvalue weighted by molar-refractivity contribution is 0.0953. The van der Waals surface area contributed by atoms with Gasteiger partial charge in [0.2, 0.25) is 5.95 Å². The van der Waals surface area contributed by atoms with Crippen LogP contribution in [0.4, 0.5) is 10.3 Å². The summed E-state index contributed by atoms with van der Waals surface area (Å²) in [6.07, 6.45) is 3.83. The van der Waals surface area contributed by atoms with Crippen LogP contribution in [-0.2, 0) is 6.42 Å². The number of amides is 1. The van der Waals surface area contributed by atoms with Crippen molar-refractivity contribution in [2.24, 2.45) is 0 Å². The van der Waals surface area contributed by atoms with Crippen LogP contribution < -0.4 is 10.6 Å². The van der Waals surface area contributed by atoms with Gasteiger partial charge in [-0.2, -0.15) is 0 Å². The first kappa shape index (κ1) is 15.6. The van der Waals surface area contributed by atoms with Crippen LogP contribution in [0.25, 0.3) is 0 Å². The zero-order chi connectivity index (χ0) is 15.8. The zero-order valence-electron chi connectivity index (χ0n) is 12.1. The highest BCUT2D eigenvalue weighted by atomic mass is 19.1. The third kappa shape index (κ3) is 4.66. The van der Waals surface area contributed by atoms with E-state index in [1.807, 2.05) is 0 Å². The Morgan fingerprint density at radius 2 is 2.05 bits per heavy atom. The fraction of sp³-hybridized carbons (Fsp3) is 0.188. The van der Waals surface area contributed by atoms with Crippen molar-refractivity contribution in [3.8, 4) is 0 Å². The average Bonchev–Trinajstić information content (AvgIpc) is 2.55. The Kier molecular flexibility index (Phi) is 5.59. The molecule has 5 nitrogen and oxygen atoms in total. The van der Waals surface area contributed by atoms with Gasteiger partial charge in [0.25, 0.3) is 5.91 Å². The Balaban J connectivity index is 1.88. The van der Waals surface area contributed by atoms with E-state index in [4.69, 9.17) is 0 Å². The van der Waals surface area contributed by atoms with Gasteiger partial charge in [0.15, 0.2) is 0 Å². The first-order valence-electron chi connectivity index (χ1n) is 6.89. The molecule has 0 saturated carbocycles. The number of halogens is 1. The molecular weight excluding hydrogens is 283 g/mol. The van der Waals surface area contributed by atoms with E-state index in [-0.39, 0.29) is 11.7 Å². The van der Waals surface area contributed by atoms with Crippen LogP contribution in [0.15, 0.2) is 49.2 Å². The zero-order valence-corrected chi connectivity index (χ0v) is 12.1. The number of nitrogens with one attached hydrogen (secondary N) is 2. The van der Waals surface area contributed by atoms with Crippen molar-refractivity contribution in [1.29, 1.82) is 0 Å². The van der Waals surface area contributed by atoms with Gasteiger partial charge in [-0.1, -0.05) is 18.2 Å². The van der Waals surface area contributed by atoms with Gasteiger partial charge in [0, 0.05) is 19.3 Å². The van der Waals surface area contributed by atoms with Gasteiger partial charge in [-0.05, 0) is 30.2 Å². The number of rotatable bonds is 7. The molecule has 6 heteroatoms. The third-order valence-electron chi connectivity index (χ3n) is 2.91. The lowest BCUT2D eigenvalue weighted by atomic mass is 10.1. The van der Waals surface area contributed by atoms with Crippen molar-refractivity contribution >= 4 is 11.9 Å². The highest BCUT2D eigenvalue weighted by Crippen LogP contribution is 2.05. The molecule has 0 saturated heterocycles. The van der Waals surface area contributed by atoms with E-state index < -0.39 is 0 Å². The first-order chi connectivity index (χ1) is 10.7. The predicted octanol–water partition coefficient (Wildman–Crippen LogP) is 2.19. The summed E-state index contributed by atoms with van der Waals surface area (Å²) in [7, 11) is 0. The summed E-state index contributed by atoms with van der Waals surface area (Å²) < 4.78 is 12.8. The molecule has 1 aromatic heterocycles. The minimum absolute atomic E-state index is 0.252. The molecule has 0 bridgehead atoms. The second-order valence-electron chi connectivity index (χ2n) is 4.57. The lowest BCUT2D eigenvalue weighted by Gasteiger charge is -2.06. The maximum atomic E-state index is 12.8. The Morgan fingerprint density at radius 1 is 1.27 bits per heavy atom. The number of hydrogen-bond acceptors (Lipinski definition) is 4. The number of anilines is 1. The molecule has 0 unspecified atom stereocenters. The molecule has 0 aliphatic heterocycles. The van der Waals surface area contributed by atoms with Crippen LogP contribution in [0.3, 0.4) is 0 Å². The van der Waals surface area contributed by atoms with Gasteiger partial charge in [0.05, 0.1) is 0 Å². The summed E-state index contributed by atoms with van der Waals surface area (Å²) in [6.45, 7) is 4.51. The van der Waals surface area contributed by atoms with Crippen LogP contribution >= 0.6 is 0 Å². The summed E-state index contributed by atoms with van der Waals surface area (Å²) >= 11 is 0. The van der Waals surface area contributed by atoms with E-state index in [1.165, 1.54) is 18.3 Å². The van der Waals surface area contributed by atoms with Gasteiger partial charge >= 0.3 is 0 Å². The number of hydrogen-bond donors (Lipinski definition) is 2. The molecule has 22 heavy (non-hydrogen) atoms. The number of benzene rings is 1. The van der Waals surface area contributed by atoms with E-state index in [9.17, 15) is 9.18 Å². The van der Waals surface area contributed by atoms with Gasteiger partial charge in [-0.15, -0.1) is 6.58 Å². The Labute approximate surface area is 128 Å². The Hall–Kier alpha value is -2.76. The molecule has 0 radical (unpaired) electrons. The van der Waals surface area contributed by atoms with Crippen molar-refractivity contribution in [3.05, 3.63) is 66.3 Å². The quantitative estimate of drug-likeness (QED) is 0.769. The minimum atomic E-state index is -0.274. The third-order valence-corrected chi connectivity index (χ3v) is 2.91. The number of carbonyl (C=O) groups excluding carboxylic acids is 1. The van der Waals surface area contributed by atoms with E-state index in [2.05, 4.69) is 27.2 Å². The molecule has 0 aliphatic carbocycles. The van der Waals surface area contributed by atoms with E-state index in [0.717, 1.165) is 5.56 Å². The van der Waals surface area contributed by atoms with Crippen molar-refractivity contribution in [2.45, 2.75) is 6.42 Å². The monoisotopic (exact) mass is 300 g/mol. The van der Waals surface area contributed by atoms with Crippen molar-refractivity contribution in [3.63, 3.8) is 0 Å². The van der Waals surface area contributed by atoms with Crippen LogP contribution in [0, 0.1) is 5.82 Å². The molecular formula is C16H17FN4O. The van der Waals surface area contributed by atoms with Gasteiger partial charge in [-0.3, -0.25) is 4.79 Å². The predicted molar refractivity (Wildman–Crippen MR) is 83.2 cm³/mol. The second kappa shape index (κ2) is 7.87. The molecule has 2 rings (SSSR count). The molecule has 0 spiro atoms. The van der Waals surface area contributed by atoms with Gasteiger partial charge in [-0.25, -0.2) is 14.4 Å². The Bertz CT molecular complexity index is 643. The lowest BCUT2D eigenvalue weighted by Crippen LogP contribution is -2.24. The minimum Gasteiger partial charge on any atom is -0.354 e. The van der Waals surface area contributed by atoms with Crippen molar-refractivity contribution < 1.29 is 9.18 Å². The highest BCUT2D eigenvalue weighted by molar-refractivity contribution is 5.92. The summed E-state index contributed by atoms with van der Waals surface area (Å²) in [5.74, 6) is -0.143. The maximum absolute atomic E-state index is 12.8.